The van der Waals surface area contributed by atoms with Gasteiger partial charge in [-0.3, -0.25) is 4.99 Å². The number of rotatable bonds is 4. The van der Waals surface area contributed by atoms with Crippen molar-refractivity contribution in [3.05, 3.63) is 24.2 Å². The van der Waals surface area contributed by atoms with Crippen molar-refractivity contribution in [2.45, 2.75) is 6.42 Å². The maximum atomic E-state index is 5.29. The third-order valence-corrected chi connectivity index (χ3v) is 1.25. The molecule has 0 saturated carbocycles. The van der Waals surface area contributed by atoms with Crippen LogP contribution in [0.5, 0.6) is 0 Å². The molecule has 0 aromatic carbocycles. The van der Waals surface area contributed by atoms with E-state index in [0.717, 1.165) is 18.7 Å². The number of furan rings is 1. The van der Waals surface area contributed by atoms with Gasteiger partial charge in [-0.25, -0.2) is 0 Å². The number of nitrogens with two attached hydrogens (primary N) is 1. The van der Waals surface area contributed by atoms with Gasteiger partial charge < -0.3 is 10.2 Å². The lowest BCUT2D eigenvalue weighted by Crippen LogP contribution is -1.99. The predicted molar refractivity (Wildman–Crippen MR) is 44.8 cm³/mol. The number of hydrogen-bond donors (Lipinski definition) is 1. The van der Waals surface area contributed by atoms with Crippen LogP contribution >= 0.6 is 0 Å². The predicted octanol–water partition coefficient (Wildman–Crippen LogP) is 1.05. The van der Waals surface area contributed by atoms with E-state index in [1.807, 2.05) is 12.1 Å². The summed E-state index contributed by atoms with van der Waals surface area (Å²) in [6, 6.07) is 3.70. The van der Waals surface area contributed by atoms with E-state index in [1.54, 1.807) is 12.5 Å². The van der Waals surface area contributed by atoms with Crippen molar-refractivity contribution in [1.82, 2.24) is 0 Å². The van der Waals surface area contributed by atoms with Gasteiger partial charge in [-0.1, -0.05) is 0 Å². The maximum Gasteiger partial charge on any atom is 0.144 e. The van der Waals surface area contributed by atoms with E-state index in [9.17, 15) is 0 Å². The Hall–Kier alpha value is -1.09. The highest BCUT2D eigenvalue weighted by Crippen LogP contribution is 1.94. The van der Waals surface area contributed by atoms with Crippen molar-refractivity contribution in [2.75, 3.05) is 13.1 Å². The minimum atomic E-state index is 0.690. The Balaban J connectivity index is 2.25. The lowest BCUT2D eigenvalue weighted by molar-refractivity contribution is 0.560. The number of aliphatic imine (C=N–C) groups is 1. The molecule has 0 radical (unpaired) electrons. The first-order chi connectivity index (χ1) is 5.43. The molecule has 1 rings (SSSR count). The van der Waals surface area contributed by atoms with Gasteiger partial charge in [0.25, 0.3) is 0 Å². The van der Waals surface area contributed by atoms with E-state index in [2.05, 4.69) is 4.99 Å². The van der Waals surface area contributed by atoms with Crippen LogP contribution in [0.25, 0.3) is 0 Å². The molecule has 0 saturated heterocycles. The largest absolute Gasteiger partial charge is 0.463 e. The molecule has 0 bridgehead atoms. The zero-order valence-corrected chi connectivity index (χ0v) is 6.36. The molecule has 1 aromatic rings. The van der Waals surface area contributed by atoms with Gasteiger partial charge in [-0.2, -0.15) is 0 Å². The second-order valence-electron chi connectivity index (χ2n) is 2.19. The minimum Gasteiger partial charge on any atom is -0.463 e. The second-order valence-corrected chi connectivity index (χ2v) is 2.19. The molecule has 1 heterocycles. The van der Waals surface area contributed by atoms with Gasteiger partial charge >= 0.3 is 0 Å². The Morgan fingerprint density at radius 3 is 3.18 bits per heavy atom. The molecule has 3 nitrogen and oxygen atoms in total. The molecule has 60 valence electrons. The fourth-order valence-electron chi connectivity index (χ4n) is 0.702. The molecule has 11 heavy (non-hydrogen) atoms. The summed E-state index contributed by atoms with van der Waals surface area (Å²) in [5.74, 6) is 0.794. The summed E-state index contributed by atoms with van der Waals surface area (Å²) in [6.07, 6.45) is 4.27. The van der Waals surface area contributed by atoms with Gasteiger partial charge in [0.1, 0.15) is 5.76 Å². The van der Waals surface area contributed by atoms with Gasteiger partial charge in [-0.15, -0.1) is 0 Å². The first-order valence-electron chi connectivity index (χ1n) is 3.67. The van der Waals surface area contributed by atoms with Crippen LogP contribution in [0.4, 0.5) is 0 Å². The van der Waals surface area contributed by atoms with Gasteiger partial charge in [-0.05, 0) is 25.1 Å². The summed E-state index contributed by atoms with van der Waals surface area (Å²) in [6.45, 7) is 1.46. The highest BCUT2D eigenvalue weighted by molar-refractivity contribution is 5.75. The van der Waals surface area contributed by atoms with Crippen molar-refractivity contribution in [1.29, 1.82) is 0 Å². The van der Waals surface area contributed by atoms with Crippen molar-refractivity contribution in [2.24, 2.45) is 10.7 Å². The molecule has 0 aliphatic carbocycles. The summed E-state index contributed by atoms with van der Waals surface area (Å²) < 4.78 is 5.03. The lowest BCUT2D eigenvalue weighted by atomic mass is 10.4. The highest BCUT2D eigenvalue weighted by atomic mass is 16.3. The van der Waals surface area contributed by atoms with Gasteiger partial charge in [0.2, 0.25) is 0 Å². The Labute approximate surface area is 65.9 Å². The monoisotopic (exact) mass is 152 g/mol. The smallest absolute Gasteiger partial charge is 0.144 e. The van der Waals surface area contributed by atoms with Crippen LogP contribution in [0.3, 0.4) is 0 Å². The Morgan fingerprint density at radius 2 is 2.55 bits per heavy atom. The van der Waals surface area contributed by atoms with Crippen LogP contribution in [0.1, 0.15) is 12.2 Å². The average molecular weight is 152 g/mol. The SMILES string of the molecule is NCCCN=Cc1ccco1. The van der Waals surface area contributed by atoms with Crippen molar-refractivity contribution in [3.63, 3.8) is 0 Å². The van der Waals surface area contributed by atoms with Gasteiger partial charge in [0.05, 0.1) is 12.5 Å². The molecule has 0 atom stereocenters. The van der Waals surface area contributed by atoms with E-state index in [4.69, 9.17) is 10.2 Å². The highest BCUT2D eigenvalue weighted by Gasteiger charge is 1.86. The lowest BCUT2D eigenvalue weighted by Gasteiger charge is -1.87. The average Bonchev–Trinajstić information content (AvgIpc) is 2.50. The molecular formula is C8H12N2O. The number of hydrogen-bond acceptors (Lipinski definition) is 3. The van der Waals surface area contributed by atoms with Crippen LogP contribution in [0.15, 0.2) is 27.8 Å². The molecule has 0 fully saturated rings. The van der Waals surface area contributed by atoms with Crippen LogP contribution in [0.2, 0.25) is 0 Å². The zero-order chi connectivity index (χ0) is 7.94. The summed E-state index contributed by atoms with van der Waals surface area (Å²) in [5, 5.41) is 0. The van der Waals surface area contributed by atoms with Crippen molar-refractivity contribution < 1.29 is 4.42 Å². The van der Waals surface area contributed by atoms with E-state index in [-0.39, 0.29) is 0 Å². The molecule has 0 spiro atoms. The quantitative estimate of drug-likeness (QED) is 0.517. The van der Waals surface area contributed by atoms with E-state index in [0.29, 0.717) is 6.54 Å². The molecule has 0 aliphatic rings. The van der Waals surface area contributed by atoms with E-state index >= 15 is 0 Å². The Bertz CT molecular complexity index is 204. The van der Waals surface area contributed by atoms with Crippen molar-refractivity contribution in [3.8, 4) is 0 Å². The molecular weight excluding hydrogens is 140 g/mol. The normalized spacial score (nSPS) is 11.0. The summed E-state index contributed by atoms with van der Waals surface area (Å²) in [4.78, 5) is 4.10. The minimum absolute atomic E-state index is 0.690. The molecule has 1 aromatic heterocycles. The van der Waals surface area contributed by atoms with Crippen molar-refractivity contribution >= 4 is 6.21 Å². The molecule has 0 amide bonds. The van der Waals surface area contributed by atoms with Crippen LogP contribution in [-0.2, 0) is 0 Å². The fourth-order valence-corrected chi connectivity index (χ4v) is 0.702. The van der Waals surface area contributed by atoms with Crippen LogP contribution in [0, 0.1) is 0 Å². The topological polar surface area (TPSA) is 51.5 Å². The first-order valence-corrected chi connectivity index (χ1v) is 3.67. The first kappa shape index (κ1) is 8.01. The third-order valence-electron chi connectivity index (χ3n) is 1.25. The molecule has 2 N–H and O–H groups in total. The van der Waals surface area contributed by atoms with Crippen LogP contribution < -0.4 is 5.73 Å². The maximum absolute atomic E-state index is 5.29. The summed E-state index contributed by atoms with van der Waals surface area (Å²) in [5.41, 5.74) is 5.29. The van der Waals surface area contributed by atoms with Crippen LogP contribution in [-0.4, -0.2) is 19.3 Å². The molecule has 0 aliphatic heterocycles. The van der Waals surface area contributed by atoms with Gasteiger partial charge in [0.15, 0.2) is 0 Å². The molecule has 3 heteroatoms. The standard InChI is InChI=1S/C8H12N2O/c9-4-2-5-10-7-8-3-1-6-11-8/h1,3,6-7H,2,4-5,9H2. The zero-order valence-electron chi connectivity index (χ0n) is 6.36. The fraction of sp³-hybridized carbons (Fsp3) is 0.375. The Morgan fingerprint density at radius 1 is 1.64 bits per heavy atom. The van der Waals surface area contributed by atoms with E-state index in [1.165, 1.54) is 0 Å². The molecule has 0 unspecified atom stereocenters. The third kappa shape index (κ3) is 3.00. The summed E-state index contributed by atoms with van der Waals surface area (Å²) in [7, 11) is 0. The second kappa shape index (κ2) is 4.68. The summed E-state index contributed by atoms with van der Waals surface area (Å²) >= 11 is 0. The number of nitrogens with zero attached hydrogens (tertiary/aromatic N) is 1. The van der Waals surface area contributed by atoms with E-state index < -0.39 is 0 Å². The van der Waals surface area contributed by atoms with Gasteiger partial charge in [0, 0.05) is 6.54 Å². The Kier molecular flexibility index (Phi) is 3.41.